The van der Waals surface area contributed by atoms with Crippen molar-refractivity contribution in [2.24, 2.45) is 0 Å². The number of furan rings is 1. The number of morpholine rings is 1. The van der Waals surface area contributed by atoms with Gasteiger partial charge in [0.1, 0.15) is 11.1 Å². The number of benzene rings is 2. The van der Waals surface area contributed by atoms with Crippen LogP contribution in [0.2, 0.25) is 0 Å². The second kappa shape index (κ2) is 8.00. The molecular weight excluding hydrogens is 392 g/mol. The van der Waals surface area contributed by atoms with Crippen LogP contribution in [0.5, 0.6) is 0 Å². The molecule has 0 bridgehead atoms. The van der Waals surface area contributed by atoms with Crippen LogP contribution in [0.1, 0.15) is 35.9 Å². The Bertz CT molecular complexity index is 1240. The van der Waals surface area contributed by atoms with Crippen molar-refractivity contribution in [3.63, 3.8) is 0 Å². The lowest BCUT2D eigenvalue weighted by atomic mass is 10.0. The van der Waals surface area contributed by atoms with Crippen LogP contribution < -0.4 is 10.2 Å². The first-order valence-electron chi connectivity index (χ1n) is 10.5. The molecule has 1 amide bonds. The Morgan fingerprint density at radius 2 is 1.77 bits per heavy atom. The zero-order valence-corrected chi connectivity index (χ0v) is 17.6. The van der Waals surface area contributed by atoms with Gasteiger partial charge in [-0.1, -0.05) is 38.1 Å². The average Bonchev–Trinajstić information content (AvgIpc) is 3.18. The van der Waals surface area contributed by atoms with Crippen LogP contribution in [-0.4, -0.2) is 42.2 Å². The van der Waals surface area contributed by atoms with E-state index < -0.39 is 0 Å². The molecule has 1 fully saturated rings. The van der Waals surface area contributed by atoms with Gasteiger partial charge in [-0.15, -0.1) is 0 Å². The number of rotatable bonds is 4. The van der Waals surface area contributed by atoms with Gasteiger partial charge in [-0.25, -0.2) is 9.97 Å². The van der Waals surface area contributed by atoms with E-state index in [0.717, 1.165) is 11.0 Å². The highest BCUT2D eigenvalue weighted by Crippen LogP contribution is 2.33. The van der Waals surface area contributed by atoms with Crippen molar-refractivity contribution in [3.8, 4) is 0 Å². The number of nitrogens with zero attached hydrogens (tertiary/aromatic N) is 3. The van der Waals surface area contributed by atoms with Gasteiger partial charge in [-0.05, 0) is 35.7 Å². The Balaban J connectivity index is 1.55. The van der Waals surface area contributed by atoms with Crippen molar-refractivity contribution in [2.75, 3.05) is 36.5 Å². The fraction of sp³-hybridized carbons (Fsp3) is 0.292. The van der Waals surface area contributed by atoms with Crippen LogP contribution in [0.25, 0.3) is 22.1 Å². The predicted molar refractivity (Wildman–Crippen MR) is 121 cm³/mol. The van der Waals surface area contributed by atoms with E-state index in [1.165, 1.54) is 5.56 Å². The third-order valence-electron chi connectivity index (χ3n) is 5.55. The number of para-hydroxylation sites is 1. The van der Waals surface area contributed by atoms with E-state index in [1.807, 2.05) is 48.5 Å². The van der Waals surface area contributed by atoms with Gasteiger partial charge in [-0.3, -0.25) is 4.79 Å². The fourth-order valence-corrected chi connectivity index (χ4v) is 3.81. The van der Waals surface area contributed by atoms with Crippen LogP contribution >= 0.6 is 0 Å². The number of nitrogens with one attached hydrogen (secondary N) is 1. The number of fused-ring (bicyclic) bond motifs is 3. The van der Waals surface area contributed by atoms with Gasteiger partial charge in [0.05, 0.1) is 13.2 Å². The molecular formula is C24H24N4O3. The summed E-state index contributed by atoms with van der Waals surface area (Å²) < 4.78 is 11.6. The van der Waals surface area contributed by atoms with Crippen molar-refractivity contribution < 1.29 is 13.9 Å². The third-order valence-corrected chi connectivity index (χ3v) is 5.55. The molecule has 7 nitrogen and oxygen atoms in total. The summed E-state index contributed by atoms with van der Waals surface area (Å²) in [6, 6.07) is 15.6. The van der Waals surface area contributed by atoms with Crippen molar-refractivity contribution in [3.05, 3.63) is 59.9 Å². The van der Waals surface area contributed by atoms with Crippen LogP contribution in [-0.2, 0) is 4.74 Å². The molecule has 0 saturated carbocycles. The van der Waals surface area contributed by atoms with Crippen molar-refractivity contribution in [1.82, 2.24) is 9.97 Å². The van der Waals surface area contributed by atoms with Crippen LogP contribution in [0.3, 0.4) is 0 Å². The lowest BCUT2D eigenvalue weighted by Gasteiger charge is -2.27. The van der Waals surface area contributed by atoms with Gasteiger partial charge in [0, 0.05) is 24.2 Å². The standard InChI is InChI=1S/C24H24N4O3/c1-15(2)16-7-9-17(10-8-16)25-24(29)22-26-20-18-5-3-4-6-19(18)31-21(20)23(27-22)28-11-13-30-14-12-28/h3-10,15H,11-14H2,1-2H3,(H,25,29). The van der Waals surface area contributed by atoms with E-state index >= 15 is 0 Å². The summed E-state index contributed by atoms with van der Waals surface area (Å²) in [5, 5.41) is 3.79. The zero-order chi connectivity index (χ0) is 21.4. The van der Waals surface area contributed by atoms with Crippen LogP contribution in [0.15, 0.2) is 52.9 Å². The number of hydrogen-bond acceptors (Lipinski definition) is 6. The summed E-state index contributed by atoms with van der Waals surface area (Å²) in [6.45, 7) is 6.85. The minimum absolute atomic E-state index is 0.119. The Labute approximate surface area is 180 Å². The number of ether oxygens (including phenoxy) is 1. The average molecular weight is 416 g/mol. The first-order chi connectivity index (χ1) is 15.1. The molecule has 1 aliphatic heterocycles. The summed E-state index contributed by atoms with van der Waals surface area (Å²) in [5.41, 5.74) is 3.90. The highest BCUT2D eigenvalue weighted by molar-refractivity contribution is 6.09. The molecule has 1 aliphatic rings. The maximum absolute atomic E-state index is 13.1. The lowest BCUT2D eigenvalue weighted by molar-refractivity contribution is 0.101. The van der Waals surface area contributed by atoms with E-state index in [4.69, 9.17) is 9.15 Å². The van der Waals surface area contributed by atoms with Gasteiger partial charge in [0.15, 0.2) is 11.4 Å². The lowest BCUT2D eigenvalue weighted by Crippen LogP contribution is -2.37. The summed E-state index contributed by atoms with van der Waals surface area (Å²) >= 11 is 0. The quantitative estimate of drug-likeness (QED) is 0.524. The molecule has 4 aromatic rings. The van der Waals surface area contributed by atoms with Crippen LogP contribution in [0.4, 0.5) is 11.5 Å². The third kappa shape index (κ3) is 3.72. The number of hydrogen-bond donors (Lipinski definition) is 1. The largest absolute Gasteiger partial charge is 0.450 e. The normalized spacial score (nSPS) is 14.5. The minimum Gasteiger partial charge on any atom is -0.450 e. The molecule has 3 heterocycles. The molecule has 7 heteroatoms. The first-order valence-corrected chi connectivity index (χ1v) is 10.5. The van der Waals surface area contributed by atoms with Crippen LogP contribution in [0, 0.1) is 0 Å². The highest BCUT2D eigenvalue weighted by Gasteiger charge is 2.24. The Kier molecular flexibility index (Phi) is 5.03. The number of anilines is 2. The topological polar surface area (TPSA) is 80.5 Å². The van der Waals surface area contributed by atoms with Gasteiger partial charge in [0.25, 0.3) is 5.91 Å². The SMILES string of the molecule is CC(C)c1ccc(NC(=O)c2nc(N3CCOCC3)c3oc4ccccc4c3n2)cc1. The van der Waals surface area contributed by atoms with Gasteiger partial charge >= 0.3 is 0 Å². The van der Waals surface area contributed by atoms with Gasteiger partial charge < -0.3 is 19.4 Å². The summed E-state index contributed by atoms with van der Waals surface area (Å²) in [6.07, 6.45) is 0. The minimum atomic E-state index is -0.348. The number of carbonyl (C=O) groups is 1. The van der Waals surface area contributed by atoms with Gasteiger partial charge in [-0.2, -0.15) is 0 Å². The molecule has 2 aromatic carbocycles. The Morgan fingerprint density at radius 1 is 1.03 bits per heavy atom. The van der Waals surface area contributed by atoms with Gasteiger partial charge in [0.2, 0.25) is 5.82 Å². The molecule has 0 unspecified atom stereocenters. The van der Waals surface area contributed by atoms with Crippen molar-refractivity contribution >= 4 is 39.5 Å². The monoisotopic (exact) mass is 416 g/mol. The second-order valence-corrected chi connectivity index (χ2v) is 7.98. The summed E-state index contributed by atoms with van der Waals surface area (Å²) in [4.78, 5) is 24.3. The van der Waals surface area contributed by atoms with E-state index in [1.54, 1.807) is 0 Å². The van der Waals surface area contributed by atoms with Crippen molar-refractivity contribution in [2.45, 2.75) is 19.8 Å². The van der Waals surface area contributed by atoms with E-state index in [9.17, 15) is 4.79 Å². The zero-order valence-electron chi connectivity index (χ0n) is 17.6. The molecule has 1 N–H and O–H groups in total. The molecule has 2 aromatic heterocycles. The number of carbonyl (C=O) groups excluding carboxylic acids is 1. The molecule has 0 atom stereocenters. The maximum atomic E-state index is 13.1. The second-order valence-electron chi connectivity index (χ2n) is 7.98. The Morgan fingerprint density at radius 3 is 2.52 bits per heavy atom. The van der Waals surface area contributed by atoms with Crippen molar-refractivity contribution in [1.29, 1.82) is 0 Å². The molecule has 0 spiro atoms. The summed E-state index contributed by atoms with van der Waals surface area (Å²) in [5.74, 6) is 0.832. The predicted octanol–water partition coefficient (Wildman–Crippen LogP) is 4.59. The molecule has 158 valence electrons. The number of aromatic nitrogens is 2. The van der Waals surface area contributed by atoms with E-state index in [-0.39, 0.29) is 11.7 Å². The summed E-state index contributed by atoms with van der Waals surface area (Å²) in [7, 11) is 0. The molecule has 0 radical (unpaired) electrons. The highest BCUT2D eigenvalue weighted by atomic mass is 16.5. The number of amides is 1. The molecule has 1 saturated heterocycles. The maximum Gasteiger partial charge on any atom is 0.293 e. The molecule has 31 heavy (non-hydrogen) atoms. The molecule has 0 aliphatic carbocycles. The van der Waals surface area contributed by atoms with E-state index in [2.05, 4.69) is 34.0 Å². The van der Waals surface area contributed by atoms with E-state index in [0.29, 0.717) is 54.8 Å². The Hall–Kier alpha value is -3.45. The fourth-order valence-electron chi connectivity index (χ4n) is 3.81. The smallest absolute Gasteiger partial charge is 0.293 e. The first kappa shape index (κ1) is 19.5. The molecule has 5 rings (SSSR count).